The smallest absolute Gasteiger partial charge is 0.398 e. The number of nitrogens with two attached hydrogens (primary N) is 1. The number of halogens is 3. The fraction of sp³-hybridized carbons (Fsp3) is 0.154. The second-order valence-electron chi connectivity index (χ2n) is 3.94. The Morgan fingerprint density at radius 2 is 1.83 bits per heavy atom. The van der Waals surface area contributed by atoms with Crippen LogP contribution in [0.5, 0.6) is 0 Å². The van der Waals surface area contributed by atoms with Crippen LogP contribution in [-0.4, -0.2) is 4.98 Å². The van der Waals surface area contributed by atoms with Gasteiger partial charge in [0.2, 0.25) is 0 Å². The molecule has 0 unspecified atom stereocenters. The van der Waals surface area contributed by atoms with Gasteiger partial charge in [-0.3, -0.25) is 4.98 Å². The quantitative estimate of drug-likeness (QED) is 0.786. The highest BCUT2D eigenvalue weighted by atomic mass is 19.4. The molecule has 1 aromatic heterocycles. The van der Waals surface area contributed by atoms with E-state index in [2.05, 4.69) is 4.98 Å². The molecular weight excluding hydrogens is 241 g/mol. The number of aryl methyl sites for hydroxylation is 1. The van der Waals surface area contributed by atoms with Gasteiger partial charge in [-0.1, -0.05) is 6.07 Å². The van der Waals surface area contributed by atoms with Crippen LogP contribution in [0.3, 0.4) is 0 Å². The zero-order valence-corrected chi connectivity index (χ0v) is 9.62. The minimum absolute atomic E-state index is 0.305. The molecule has 0 fully saturated rings. The number of hydrogen-bond donors (Lipinski definition) is 1. The second kappa shape index (κ2) is 4.33. The molecule has 0 spiro atoms. The molecule has 18 heavy (non-hydrogen) atoms. The molecule has 2 N–H and O–H groups in total. The third kappa shape index (κ3) is 2.30. The highest BCUT2D eigenvalue weighted by Gasteiger charge is 2.31. The Kier molecular flexibility index (Phi) is 2.98. The van der Waals surface area contributed by atoms with Crippen molar-refractivity contribution in [2.75, 3.05) is 5.73 Å². The highest BCUT2D eigenvalue weighted by molar-refractivity contribution is 5.78. The van der Waals surface area contributed by atoms with Crippen molar-refractivity contribution < 1.29 is 13.2 Å². The summed E-state index contributed by atoms with van der Waals surface area (Å²) in [7, 11) is 0. The van der Waals surface area contributed by atoms with E-state index in [4.69, 9.17) is 5.73 Å². The molecule has 0 aliphatic carbocycles. The molecule has 0 radical (unpaired) electrons. The molecule has 1 heterocycles. The highest BCUT2D eigenvalue weighted by Crippen LogP contribution is 2.35. The summed E-state index contributed by atoms with van der Waals surface area (Å²) in [5, 5.41) is 0. The van der Waals surface area contributed by atoms with Crippen LogP contribution in [0.25, 0.3) is 11.1 Å². The number of benzene rings is 1. The third-order valence-electron chi connectivity index (χ3n) is 2.68. The van der Waals surface area contributed by atoms with E-state index in [9.17, 15) is 13.2 Å². The van der Waals surface area contributed by atoms with Crippen molar-refractivity contribution in [3.63, 3.8) is 0 Å². The van der Waals surface area contributed by atoms with E-state index in [-0.39, 0.29) is 0 Å². The molecule has 1 aromatic carbocycles. The number of nitrogens with zero attached hydrogens (tertiary/aromatic N) is 1. The number of aromatic nitrogens is 1. The molecule has 2 rings (SSSR count). The summed E-state index contributed by atoms with van der Waals surface area (Å²) in [5.41, 5.74) is 6.94. The molecular formula is C13H11F3N2. The van der Waals surface area contributed by atoms with E-state index in [1.165, 1.54) is 6.07 Å². The minimum Gasteiger partial charge on any atom is -0.398 e. The zero-order valence-electron chi connectivity index (χ0n) is 9.62. The van der Waals surface area contributed by atoms with E-state index in [0.717, 1.165) is 12.1 Å². The van der Waals surface area contributed by atoms with Gasteiger partial charge in [-0.15, -0.1) is 0 Å². The average molecular weight is 252 g/mol. The van der Waals surface area contributed by atoms with Crippen molar-refractivity contribution in [3.05, 3.63) is 47.8 Å². The molecule has 0 saturated carbocycles. The first kappa shape index (κ1) is 12.4. The van der Waals surface area contributed by atoms with Crippen LogP contribution < -0.4 is 5.73 Å². The Balaban J connectivity index is 2.61. The first-order valence-corrected chi connectivity index (χ1v) is 5.28. The molecule has 0 bridgehead atoms. The van der Waals surface area contributed by atoms with Gasteiger partial charge in [-0.2, -0.15) is 13.2 Å². The summed E-state index contributed by atoms with van der Waals surface area (Å²) in [6.07, 6.45) is -2.79. The van der Waals surface area contributed by atoms with Crippen LogP contribution >= 0.6 is 0 Å². The number of alkyl halides is 3. The number of anilines is 1. The molecule has 0 aliphatic rings. The summed E-state index contributed by atoms with van der Waals surface area (Å²) in [4.78, 5) is 4.05. The standard InChI is InChI=1S/C13H11F3N2/c1-8-10(3-2-6-18-8)11-7-9(13(14,15)16)4-5-12(11)17/h2-7H,17H2,1H3. The molecule has 0 saturated heterocycles. The van der Waals surface area contributed by atoms with Gasteiger partial charge in [0.25, 0.3) is 0 Å². The maximum absolute atomic E-state index is 12.7. The van der Waals surface area contributed by atoms with Gasteiger partial charge in [0.05, 0.1) is 5.56 Å². The minimum atomic E-state index is -4.38. The van der Waals surface area contributed by atoms with Gasteiger partial charge in [-0.25, -0.2) is 0 Å². The van der Waals surface area contributed by atoms with Crippen LogP contribution in [-0.2, 0) is 6.18 Å². The molecule has 0 atom stereocenters. The second-order valence-corrected chi connectivity index (χ2v) is 3.94. The topological polar surface area (TPSA) is 38.9 Å². The van der Waals surface area contributed by atoms with E-state index >= 15 is 0 Å². The SMILES string of the molecule is Cc1ncccc1-c1cc(C(F)(F)F)ccc1N. The van der Waals surface area contributed by atoms with E-state index in [1.54, 1.807) is 25.3 Å². The van der Waals surface area contributed by atoms with Crippen LogP contribution in [0.1, 0.15) is 11.3 Å². The van der Waals surface area contributed by atoms with Crippen molar-refractivity contribution in [2.24, 2.45) is 0 Å². The Labute approximate surface area is 102 Å². The first-order chi connectivity index (χ1) is 8.39. The van der Waals surface area contributed by atoms with E-state index < -0.39 is 11.7 Å². The van der Waals surface area contributed by atoms with Crippen molar-refractivity contribution in [1.29, 1.82) is 0 Å². The van der Waals surface area contributed by atoms with E-state index in [1.807, 2.05) is 0 Å². The summed E-state index contributed by atoms with van der Waals surface area (Å²) in [6.45, 7) is 1.73. The lowest BCUT2D eigenvalue weighted by Gasteiger charge is -2.12. The maximum Gasteiger partial charge on any atom is 0.416 e. The monoisotopic (exact) mass is 252 g/mol. The van der Waals surface area contributed by atoms with Crippen LogP contribution in [0.15, 0.2) is 36.5 Å². The predicted octanol–water partition coefficient (Wildman–Crippen LogP) is 3.66. The lowest BCUT2D eigenvalue weighted by atomic mass is 10.00. The van der Waals surface area contributed by atoms with Crippen molar-refractivity contribution in [1.82, 2.24) is 4.98 Å². The van der Waals surface area contributed by atoms with Gasteiger partial charge in [0.15, 0.2) is 0 Å². The van der Waals surface area contributed by atoms with Gasteiger partial charge in [-0.05, 0) is 31.2 Å². The lowest BCUT2D eigenvalue weighted by molar-refractivity contribution is -0.137. The molecule has 2 nitrogen and oxygen atoms in total. The Morgan fingerprint density at radius 1 is 1.11 bits per heavy atom. The maximum atomic E-state index is 12.7. The largest absolute Gasteiger partial charge is 0.416 e. The van der Waals surface area contributed by atoms with Crippen molar-refractivity contribution >= 4 is 5.69 Å². The lowest BCUT2D eigenvalue weighted by Crippen LogP contribution is -2.06. The molecule has 0 amide bonds. The molecule has 2 aromatic rings. The van der Waals surface area contributed by atoms with E-state index in [0.29, 0.717) is 22.5 Å². The van der Waals surface area contributed by atoms with Gasteiger partial charge >= 0.3 is 6.18 Å². The summed E-state index contributed by atoms with van der Waals surface area (Å²) in [6, 6.07) is 6.67. The summed E-state index contributed by atoms with van der Waals surface area (Å²) >= 11 is 0. The Hall–Kier alpha value is -2.04. The van der Waals surface area contributed by atoms with Gasteiger partial charge < -0.3 is 5.73 Å². The zero-order chi connectivity index (χ0) is 13.3. The predicted molar refractivity (Wildman–Crippen MR) is 63.8 cm³/mol. The molecule has 0 aliphatic heterocycles. The van der Waals surface area contributed by atoms with Crippen LogP contribution in [0.4, 0.5) is 18.9 Å². The van der Waals surface area contributed by atoms with Gasteiger partial charge in [0.1, 0.15) is 0 Å². The fourth-order valence-corrected chi connectivity index (χ4v) is 1.73. The van der Waals surface area contributed by atoms with Crippen molar-refractivity contribution in [2.45, 2.75) is 13.1 Å². The summed E-state index contributed by atoms with van der Waals surface area (Å²) in [5.74, 6) is 0. The van der Waals surface area contributed by atoms with Crippen LogP contribution in [0, 0.1) is 6.92 Å². The third-order valence-corrected chi connectivity index (χ3v) is 2.68. The fourth-order valence-electron chi connectivity index (χ4n) is 1.73. The number of hydrogen-bond acceptors (Lipinski definition) is 2. The van der Waals surface area contributed by atoms with Gasteiger partial charge in [0, 0.05) is 28.7 Å². The Bertz CT molecular complexity index is 577. The average Bonchev–Trinajstić information content (AvgIpc) is 2.29. The molecule has 94 valence electrons. The van der Waals surface area contributed by atoms with Crippen LogP contribution in [0.2, 0.25) is 0 Å². The normalized spacial score (nSPS) is 11.6. The number of pyridine rings is 1. The van der Waals surface area contributed by atoms with Crippen molar-refractivity contribution in [3.8, 4) is 11.1 Å². The first-order valence-electron chi connectivity index (χ1n) is 5.28. The number of rotatable bonds is 1. The molecule has 5 heteroatoms. The Morgan fingerprint density at radius 3 is 2.44 bits per heavy atom. The number of nitrogen functional groups attached to an aromatic ring is 1. The summed E-state index contributed by atoms with van der Waals surface area (Å²) < 4.78 is 38.0.